The zero-order valence-electron chi connectivity index (χ0n) is 19.8. The van der Waals surface area contributed by atoms with Gasteiger partial charge in [-0.2, -0.15) is 0 Å². The Kier molecular flexibility index (Phi) is 6.58. The topological polar surface area (TPSA) is 98.2 Å². The number of aliphatic hydroxyl groups is 1. The van der Waals surface area contributed by atoms with E-state index in [0.29, 0.717) is 48.2 Å². The number of hydrogen-bond donors (Lipinski definition) is 1. The van der Waals surface area contributed by atoms with E-state index in [-0.39, 0.29) is 17.9 Å². The molecular weight excluding hydrogens is 460 g/mol. The number of pyridine rings is 1. The molecule has 1 atom stereocenters. The van der Waals surface area contributed by atoms with Crippen LogP contribution in [0.4, 0.5) is 0 Å². The number of carbonyl (C=O) groups excluding carboxylic acids is 2. The van der Waals surface area contributed by atoms with E-state index in [1.54, 1.807) is 48.8 Å². The highest BCUT2D eigenvalue weighted by molar-refractivity contribution is 6.46. The van der Waals surface area contributed by atoms with Crippen molar-refractivity contribution in [1.29, 1.82) is 0 Å². The van der Waals surface area contributed by atoms with E-state index in [4.69, 9.17) is 14.2 Å². The summed E-state index contributed by atoms with van der Waals surface area (Å²) in [5.74, 6) is 0.0294. The van der Waals surface area contributed by atoms with E-state index in [0.717, 1.165) is 12.0 Å². The van der Waals surface area contributed by atoms with Crippen LogP contribution in [0.15, 0.2) is 72.6 Å². The van der Waals surface area contributed by atoms with Crippen LogP contribution in [-0.4, -0.2) is 46.5 Å². The number of likely N-dealkylation sites (tertiary alicyclic amines) is 1. The van der Waals surface area contributed by atoms with E-state index in [1.807, 2.05) is 25.1 Å². The SMILES string of the molecule is CCCOc1ccc(C2C(=C(O)c3ccc4c(c3)OCCO4)C(=O)C(=O)N2Cc2cccnc2)cc1. The summed E-state index contributed by atoms with van der Waals surface area (Å²) >= 11 is 0. The number of rotatable bonds is 7. The van der Waals surface area contributed by atoms with Gasteiger partial charge in [-0.05, 0) is 53.9 Å². The first-order valence-electron chi connectivity index (χ1n) is 11.9. The number of aliphatic hydroxyl groups excluding tert-OH is 1. The van der Waals surface area contributed by atoms with Crippen LogP contribution in [0, 0.1) is 0 Å². The first-order valence-corrected chi connectivity index (χ1v) is 11.9. The molecule has 2 aromatic carbocycles. The highest BCUT2D eigenvalue weighted by atomic mass is 16.6. The van der Waals surface area contributed by atoms with Gasteiger partial charge in [-0.3, -0.25) is 14.6 Å². The number of benzene rings is 2. The number of ether oxygens (including phenoxy) is 3. The Balaban J connectivity index is 1.59. The summed E-state index contributed by atoms with van der Waals surface area (Å²) in [5, 5.41) is 11.3. The summed E-state index contributed by atoms with van der Waals surface area (Å²) in [6.07, 6.45) is 4.17. The average molecular weight is 487 g/mol. The van der Waals surface area contributed by atoms with E-state index < -0.39 is 17.7 Å². The first kappa shape index (κ1) is 23.4. The van der Waals surface area contributed by atoms with Gasteiger partial charge in [-0.25, -0.2) is 0 Å². The molecule has 5 rings (SSSR count). The van der Waals surface area contributed by atoms with Crippen molar-refractivity contribution in [3.05, 3.63) is 89.3 Å². The zero-order chi connectivity index (χ0) is 25.1. The van der Waals surface area contributed by atoms with Gasteiger partial charge in [-0.1, -0.05) is 25.1 Å². The van der Waals surface area contributed by atoms with Gasteiger partial charge < -0.3 is 24.2 Å². The van der Waals surface area contributed by atoms with Crippen LogP contribution >= 0.6 is 0 Å². The van der Waals surface area contributed by atoms with E-state index in [2.05, 4.69) is 4.98 Å². The Hall–Kier alpha value is -4.33. The second-order valence-electron chi connectivity index (χ2n) is 8.56. The summed E-state index contributed by atoms with van der Waals surface area (Å²) in [5.41, 5.74) is 1.84. The Morgan fingerprint density at radius 2 is 1.86 bits per heavy atom. The molecule has 3 aromatic rings. The lowest BCUT2D eigenvalue weighted by atomic mass is 9.95. The minimum Gasteiger partial charge on any atom is -0.507 e. The number of Topliss-reactive ketones (excluding diaryl/α,β-unsaturated/α-hetero) is 1. The van der Waals surface area contributed by atoms with Crippen LogP contribution in [0.5, 0.6) is 17.2 Å². The van der Waals surface area contributed by atoms with Crippen molar-refractivity contribution in [2.45, 2.75) is 25.9 Å². The van der Waals surface area contributed by atoms with Crippen LogP contribution in [-0.2, 0) is 16.1 Å². The van der Waals surface area contributed by atoms with Gasteiger partial charge in [0.1, 0.15) is 24.7 Å². The molecule has 8 nitrogen and oxygen atoms in total. The standard InChI is InChI=1S/C28H26N2O6/c1-2-12-34-21-8-5-19(6-9-21)25-24(26(31)20-7-10-22-23(15-20)36-14-13-35-22)27(32)28(33)30(25)17-18-4-3-11-29-16-18/h3-11,15-16,25,31H,2,12-14,17H2,1H3. The number of carbonyl (C=O) groups is 2. The van der Waals surface area contributed by atoms with Gasteiger partial charge in [0.2, 0.25) is 0 Å². The van der Waals surface area contributed by atoms with Crippen LogP contribution < -0.4 is 14.2 Å². The molecule has 0 bridgehead atoms. The number of nitrogens with zero attached hydrogens (tertiary/aromatic N) is 2. The highest BCUT2D eigenvalue weighted by Gasteiger charge is 2.46. The van der Waals surface area contributed by atoms with Crippen molar-refractivity contribution in [3.63, 3.8) is 0 Å². The Bertz CT molecular complexity index is 1300. The Labute approximate surface area is 208 Å². The molecule has 0 radical (unpaired) electrons. The van der Waals surface area contributed by atoms with Gasteiger partial charge in [0, 0.05) is 24.5 Å². The largest absolute Gasteiger partial charge is 0.507 e. The number of aromatic nitrogens is 1. The van der Waals surface area contributed by atoms with Crippen molar-refractivity contribution in [2.24, 2.45) is 0 Å². The smallest absolute Gasteiger partial charge is 0.295 e. The molecule has 1 fully saturated rings. The average Bonchev–Trinajstić information content (AvgIpc) is 3.17. The molecule has 0 saturated carbocycles. The molecular formula is C28H26N2O6. The molecule has 36 heavy (non-hydrogen) atoms. The summed E-state index contributed by atoms with van der Waals surface area (Å²) in [6.45, 7) is 3.60. The van der Waals surface area contributed by atoms with Crippen LogP contribution in [0.3, 0.4) is 0 Å². The Morgan fingerprint density at radius 3 is 2.58 bits per heavy atom. The molecule has 1 amide bonds. The number of fused-ring (bicyclic) bond motifs is 1. The maximum Gasteiger partial charge on any atom is 0.295 e. The van der Waals surface area contributed by atoms with E-state index in [1.165, 1.54) is 4.90 Å². The molecule has 1 N–H and O–H groups in total. The lowest BCUT2D eigenvalue weighted by Gasteiger charge is -2.25. The maximum atomic E-state index is 13.3. The molecule has 0 spiro atoms. The summed E-state index contributed by atoms with van der Waals surface area (Å²) < 4.78 is 16.9. The molecule has 8 heteroatoms. The third-order valence-corrected chi connectivity index (χ3v) is 6.10. The Morgan fingerprint density at radius 1 is 1.08 bits per heavy atom. The predicted molar refractivity (Wildman–Crippen MR) is 132 cm³/mol. The van der Waals surface area contributed by atoms with Gasteiger partial charge in [-0.15, -0.1) is 0 Å². The van der Waals surface area contributed by atoms with Crippen LogP contribution in [0.25, 0.3) is 5.76 Å². The zero-order valence-corrected chi connectivity index (χ0v) is 19.8. The second kappa shape index (κ2) is 10.1. The van der Waals surface area contributed by atoms with E-state index >= 15 is 0 Å². The van der Waals surface area contributed by atoms with Gasteiger partial charge >= 0.3 is 0 Å². The second-order valence-corrected chi connectivity index (χ2v) is 8.56. The summed E-state index contributed by atoms with van der Waals surface area (Å²) in [4.78, 5) is 32.1. The predicted octanol–water partition coefficient (Wildman–Crippen LogP) is 4.26. The van der Waals surface area contributed by atoms with Gasteiger partial charge in [0.25, 0.3) is 11.7 Å². The highest BCUT2D eigenvalue weighted by Crippen LogP contribution is 2.42. The summed E-state index contributed by atoms with van der Waals surface area (Å²) in [6, 6.07) is 15.0. The lowest BCUT2D eigenvalue weighted by Crippen LogP contribution is -2.29. The minimum atomic E-state index is -0.793. The summed E-state index contributed by atoms with van der Waals surface area (Å²) in [7, 11) is 0. The van der Waals surface area contributed by atoms with Crippen molar-refractivity contribution < 1.29 is 28.9 Å². The molecule has 2 aliphatic rings. The van der Waals surface area contributed by atoms with E-state index in [9.17, 15) is 14.7 Å². The third kappa shape index (κ3) is 4.49. The fourth-order valence-electron chi connectivity index (χ4n) is 4.39. The van der Waals surface area contributed by atoms with Crippen molar-refractivity contribution in [3.8, 4) is 17.2 Å². The minimum absolute atomic E-state index is 0.0165. The molecule has 0 aliphatic carbocycles. The monoisotopic (exact) mass is 486 g/mol. The molecule has 1 unspecified atom stereocenters. The maximum absolute atomic E-state index is 13.3. The van der Waals surface area contributed by atoms with Gasteiger partial charge in [0.15, 0.2) is 11.5 Å². The number of ketones is 1. The van der Waals surface area contributed by atoms with Gasteiger partial charge in [0.05, 0.1) is 18.2 Å². The fraction of sp³-hybridized carbons (Fsp3) is 0.250. The lowest BCUT2D eigenvalue weighted by molar-refractivity contribution is -0.140. The molecule has 2 aliphatic heterocycles. The molecule has 1 saturated heterocycles. The molecule has 1 aromatic heterocycles. The number of amides is 1. The fourth-order valence-corrected chi connectivity index (χ4v) is 4.39. The molecule has 3 heterocycles. The van der Waals surface area contributed by atoms with Crippen molar-refractivity contribution >= 4 is 17.4 Å². The van der Waals surface area contributed by atoms with Crippen LogP contribution in [0.1, 0.15) is 36.1 Å². The first-order chi connectivity index (χ1) is 17.6. The van der Waals surface area contributed by atoms with Crippen molar-refractivity contribution in [1.82, 2.24) is 9.88 Å². The number of hydrogen-bond acceptors (Lipinski definition) is 7. The van der Waals surface area contributed by atoms with Crippen LogP contribution in [0.2, 0.25) is 0 Å². The van der Waals surface area contributed by atoms with Crippen molar-refractivity contribution in [2.75, 3.05) is 19.8 Å². The third-order valence-electron chi connectivity index (χ3n) is 6.10. The molecule has 184 valence electrons. The quantitative estimate of drug-likeness (QED) is 0.303. The normalized spacial score (nSPS) is 18.4.